The highest BCUT2D eigenvalue weighted by molar-refractivity contribution is 5.86. The van der Waals surface area contributed by atoms with Crippen molar-refractivity contribution < 1.29 is 14.0 Å². The van der Waals surface area contributed by atoms with Crippen LogP contribution in [0.1, 0.15) is 6.92 Å². The van der Waals surface area contributed by atoms with Crippen LogP contribution in [0.4, 0.5) is 5.88 Å². The molecule has 1 amide bonds. The highest BCUT2D eigenvalue weighted by Gasteiger charge is 2.14. The molecule has 5 nitrogen and oxygen atoms in total. The fourth-order valence-corrected chi connectivity index (χ4v) is 1.18. The number of benzene rings is 1. The SMILES string of the molecule is CC(=O)Nc1c[n+](-c2ccccc2)no1. The van der Waals surface area contributed by atoms with Gasteiger partial charge < -0.3 is 0 Å². The molecule has 0 bridgehead atoms. The first-order chi connectivity index (χ1) is 7.25. The quantitative estimate of drug-likeness (QED) is 0.739. The van der Waals surface area contributed by atoms with E-state index < -0.39 is 0 Å². The third kappa shape index (κ3) is 2.19. The van der Waals surface area contributed by atoms with Gasteiger partial charge in [-0.3, -0.25) is 14.6 Å². The molecule has 0 aliphatic rings. The van der Waals surface area contributed by atoms with Gasteiger partial charge in [0.15, 0.2) is 0 Å². The zero-order valence-corrected chi connectivity index (χ0v) is 8.18. The van der Waals surface area contributed by atoms with Gasteiger partial charge in [-0.15, -0.1) is 0 Å². The van der Waals surface area contributed by atoms with E-state index >= 15 is 0 Å². The summed E-state index contributed by atoms with van der Waals surface area (Å²) >= 11 is 0. The van der Waals surface area contributed by atoms with Gasteiger partial charge in [0.25, 0.3) is 6.20 Å². The molecule has 0 radical (unpaired) electrons. The Bertz CT molecular complexity index is 465. The number of para-hydroxylation sites is 1. The number of carbonyl (C=O) groups is 1. The summed E-state index contributed by atoms with van der Waals surface area (Å²) in [5.74, 6) is 0.137. The minimum Gasteiger partial charge on any atom is -0.289 e. The Labute approximate surface area is 86.3 Å². The molecule has 5 heteroatoms. The maximum absolute atomic E-state index is 10.8. The summed E-state index contributed by atoms with van der Waals surface area (Å²) in [7, 11) is 0. The van der Waals surface area contributed by atoms with Crippen molar-refractivity contribution in [2.75, 3.05) is 5.32 Å². The number of hydrogen-bond acceptors (Lipinski definition) is 3. The van der Waals surface area contributed by atoms with Crippen LogP contribution >= 0.6 is 0 Å². The van der Waals surface area contributed by atoms with Gasteiger partial charge in [-0.1, -0.05) is 18.2 Å². The molecule has 2 aromatic rings. The molecule has 1 aromatic heterocycles. The Balaban J connectivity index is 2.24. The number of nitrogens with one attached hydrogen (secondary N) is 1. The molecule has 0 saturated heterocycles. The molecule has 1 aromatic carbocycles. The topological polar surface area (TPSA) is 59.0 Å². The predicted molar refractivity (Wildman–Crippen MR) is 52.3 cm³/mol. The zero-order valence-electron chi connectivity index (χ0n) is 8.18. The third-order valence-electron chi connectivity index (χ3n) is 1.79. The number of rotatable bonds is 2. The average molecular weight is 204 g/mol. The molecule has 2 rings (SSSR count). The lowest BCUT2D eigenvalue weighted by Crippen LogP contribution is -2.31. The van der Waals surface area contributed by atoms with E-state index in [9.17, 15) is 4.79 Å². The maximum atomic E-state index is 10.8. The van der Waals surface area contributed by atoms with E-state index in [0.29, 0.717) is 5.88 Å². The summed E-state index contributed by atoms with van der Waals surface area (Å²) in [6.45, 7) is 1.41. The second kappa shape index (κ2) is 3.91. The first kappa shape index (κ1) is 9.39. The number of hydrogen-bond donors (Lipinski definition) is 1. The lowest BCUT2D eigenvalue weighted by molar-refractivity contribution is -0.670. The Morgan fingerprint density at radius 1 is 1.40 bits per heavy atom. The summed E-state index contributed by atoms with van der Waals surface area (Å²) in [6, 6.07) is 9.49. The van der Waals surface area contributed by atoms with E-state index in [-0.39, 0.29) is 5.91 Å². The Morgan fingerprint density at radius 3 is 2.80 bits per heavy atom. The average Bonchev–Trinajstić information content (AvgIpc) is 2.67. The van der Waals surface area contributed by atoms with Crippen molar-refractivity contribution in [2.24, 2.45) is 0 Å². The van der Waals surface area contributed by atoms with Crippen molar-refractivity contribution in [1.29, 1.82) is 0 Å². The Hall–Kier alpha value is -2.17. The second-order valence-corrected chi connectivity index (χ2v) is 3.03. The molecule has 1 N–H and O–H groups in total. The van der Waals surface area contributed by atoms with Crippen LogP contribution in [-0.4, -0.2) is 11.2 Å². The molecule has 1 heterocycles. The number of amides is 1. The molecule has 76 valence electrons. The van der Waals surface area contributed by atoms with Crippen molar-refractivity contribution in [3.63, 3.8) is 0 Å². The molecule has 0 spiro atoms. The van der Waals surface area contributed by atoms with Gasteiger partial charge in [0.2, 0.25) is 16.9 Å². The molecule has 0 saturated carbocycles. The smallest absolute Gasteiger partial charge is 0.289 e. The van der Waals surface area contributed by atoms with Crippen LogP contribution in [0.2, 0.25) is 0 Å². The summed E-state index contributed by atoms with van der Waals surface area (Å²) in [6.07, 6.45) is 1.61. The second-order valence-electron chi connectivity index (χ2n) is 3.03. The van der Waals surface area contributed by atoms with Crippen LogP contribution in [0.3, 0.4) is 0 Å². The van der Waals surface area contributed by atoms with E-state index in [1.165, 1.54) is 6.92 Å². The van der Waals surface area contributed by atoms with Gasteiger partial charge in [-0.05, 0) is 4.68 Å². The van der Waals surface area contributed by atoms with Crippen LogP contribution in [0.15, 0.2) is 41.1 Å². The van der Waals surface area contributed by atoms with E-state index in [1.807, 2.05) is 30.3 Å². The zero-order chi connectivity index (χ0) is 10.7. The predicted octanol–water partition coefficient (Wildman–Crippen LogP) is 0.910. The molecular weight excluding hydrogens is 194 g/mol. The minimum atomic E-state index is -0.189. The standard InChI is InChI=1S/C10H9N3O2/c1-8(14)11-10-7-13(12-15-10)9-5-3-2-4-6-9/h2-7H,1H3/p+1. The van der Waals surface area contributed by atoms with Crippen molar-refractivity contribution in [3.8, 4) is 5.69 Å². The Morgan fingerprint density at radius 2 is 2.13 bits per heavy atom. The lowest BCUT2D eigenvalue weighted by Gasteiger charge is -1.87. The van der Waals surface area contributed by atoms with Crippen LogP contribution in [0.25, 0.3) is 5.69 Å². The first-order valence-corrected chi connectivity index (χ1v) is 4.47. The van der Waals surface area contributed by atoms with Gasteiger partial charge in [0.05, 0.1) is 0 Å². The van der Waals surface area contributed by atoms with Crippen molar-refractivity contribution in [3.05, 3.63) is 36.5 Å². The van der Waals surface area contributed by atoms with Crippen molar-refractivity contribution in [1.82, 2.24) is 5.27 Å². The third-order valence-corrected chi connectivity index (χ3v) is 1.79. The highest BCUT2D eigenvalue weighted by atomic mass is 16.5. The lowest BCUT2D eigenvalue weighted by atomic mass is 10.3. The largest absolute Gasteiger partial charge is 0.302 e. The molecule has 0 atom stereocenters. The van der Waals surface area contributed by atoms with Gasteiger partial charge in [0, 0.05) is 19.1 Å². The van der Waals surface area contributed by atoms with E-state index in [4.69, 9.17) is 4.52 Å². The summed E-state index contributed by atoms with van der Waals surface area (Å²) in [4.78, 5) is 10.8. The molecule has 0 unspecified atom stereocenters. The maximum Gasteiger partial charge on any atom is 0.302 e. The van der Waals surface area contributed by atoms with E-state index in [1.54, 1.807) is 10.9 Å². The number of nitrogens with zero attached hydrogens (tertiary/aromatic N) is 2. The number of anilines is 1. The van der Waals surface area contributed by atoms with E-state index in [0.717, 1.165) is 5.69 Å². The fraction of sp³-hybridized carbons (Fsp3) is 0.100. The van der Waals surface area contributed by atoms with Gasteiger partial charge in [-0.2, -0.15) is 0 Å². The molecule has 15 heavy (non-hydrogen) atoms. The first-order valence-electron chi connectivity index (χ1n) is 4.47. The van der Waals surface area contributed by atoms with E-state index in [2.05, 4.69) is 10.6 Å². The molecule has 0 fully saturated rings. The highest BCUT2D eigenvalue weighted by Crippen LogP contribution is 2.03. The van der Waals surface area contributed by atoms with Gasteiger partial charge in [0.1, 0.15) is 0 Å². The van der Waals surface area contributed by atoms with Crippen LogP contribution in [0.5, 0.6) is 0 Å². The fourth-order valence-electron chi connectivity index (χ4n) is 1.18. The normalized spacial score (nSPS) is 9.93. The molecule has 0 aliphatic heterocycles. The van der Waals surface area contributed by atoms with Crippen LogP contribution < -0.4 is 10.00 Å². The summed E-state index contributed by atoms with van der Waals surface area (Å²) in [5, 5.41) is 6.27. The minimum absolute atomic E-state index is 0.189. The molecular formula is C10H10N3O2+. The Kier molecular flexibility index (Phi) is 2.45. The van der Waals surface area contributed by atoms with Crippen molar-refractivity contribution in [2.45, 2.75) is 6.92 Å². The van der Waals surface area contributed by atoms with Gasteiger partial charge >= 0.3 is 5.88 Å². The summed E-state index contributed by atoms with van der Waals surface area (Å²) < 4.78 is 6.46. The molecule has 0 aliphatic carbocycles. The van der Waals surface area contributed by atoms with Crippen molar-refractivity contribution >= 4 is 11.8 Å². The van der Waals surface area contributed by atoms with Crippen LogP contribution in [-0.2, 0) is 4.79 Å². The summed E-state index contributed by atoms with van der Waals surface area (Å²) in [5.41, 5.74) is 0.873. The van der Waals surface area contributed by atoms with Crippen LogP contribution in [0, 0.1) is 0 Å². The van der Waals surface area contributed by atoms with Gasteiger partial charge in [-0.25, -0.2) is 0 Å². The number of aromatic nitrogens is 2. The number of carbonyl (C=O) groups excluding carboxylic acids is 1. The monoisotopic (exact) mass is 204 g/mol.